The van der Waals surface area contributed by atoms with Gasteiger partial charge in [0.1, 0.15) is 0 Å². The molecule has 0 unspecified atom stereocenters. The molecule has 4 rings (SSSR count). The van der Waals surface area contributed by atoms with Gasteiger partial charge in [-0.3, -0.25) is 9.44 Å². The Balaban J connectivity index is 0.00000342. The molecule has 3 aromatic rings. The van der Waals surface area contributed by atoms with Crippen LogP contribution in [0.25, 0.3) is 0 Å². The van der Waals surface area contributed by atoms with Gasteiger partial charge >= 0.3 is 0 Å². The molecule has 1 heterocycles. The van der Waals surface area contributed by atoms with E-state index in [2.05, 4.69) is 19.7 Å². The topological polar surface area (TPSA) is 108 Å². The second-order valence-electron chi connectivity index (χ2n) is 8.11. The highest BCUT2D eigenvalue weighted by molar-refractivity contribution is 7.93. The summed E-state index contributed by atoms with van der Waals surface area (Å²) in [4.78, 5) is 2.38. The summed E-state index contributed by atoms with van der Waals surface area (Å²) in [6, 6.07) is 19.7. The molecule has 0 spiro atoms. The summed E-state index contributed by atoms with van der Waals surface area (Å²) in [5.41, 5.74) is 1.72. The predicted molar refractivity (Wildman–Crippen MR) is 143 cm³/mol. The maximum absolute atomic E-state index is 13.1. The third-order valence-corrected chi connectivity index (χ3v) is 8.54. The molecule has 0 saturated carbocycles. The Bertz CT molecular complexity index is 1360. The zero-order chi connectivity index (χ0) is 24.2. The Kier molecular flexibility index (Phi) is 8.65. The summed E-state index contributed by atoms with van der Waals surface area (Å²) in [6.45, 7) is 5.01. The minimum absolute atomic E-state index is 0. The average molecular weight is 537 g/mol. The molecule has 35 heavy (non-hydrogen) atoms. The molecular weight excluding hydrogens is 508 g/mol. The molecule has 1 aliphatic heterocycles. The molecule has 0 aromatic heterocycles. The fraction of sp³-hybridized carbons (Fsp3) is 0.250. The zero-order valence-electron chi connectivity index (χ0n) is 19.3. The first-order valence-electron chi connectivity index (χ1n) is 11.0. The van der Waals surface area contributed by atoms with Crippen LogP contribution in [0.5, 0.6) is 0 Å². The molecule has 0 atom stereocenters. The van der Waals surface area contributed by atoms with Crippen molar-refractivity contribution in [2.45, 2.75) is 23.1 Å². The molecule has 0 amide bonds. The van der Waals surface area contributed by atoms with Crippen LogP contribution < -0.4 is 19.7 Å². The van der Waals surface area contributed by atoms with Gasteiger partial charge in [0.15, 0.2) is 0 Å². The highest BCUT2D eigenvalue weighted by atomic mass is 35.5. The standard InChI is InChI=1S/C24H28N4O4S2.ClH/c1-19-8-5-6-11-24(19)34(31,32)26-22-13-12-20(28-16-7-14-25-15-17-28)18-23(22)27-33(29,30)21-9-3-2-4-10-21;/h2-6,8-13,18,25-27H,7,14-17H2,1H3;1H. The third kappa shape index (κ3) is 6.46. The number of nitrogens with zero attached hydrogens (tertiary/aromatic N) is 1. The molecular formula is C24H29ClN4O4S2. The van der Waals surface area contributed by atoms with E-state index >= 15 is 0 Å². The first-order valence-corrected chi connectivity index (χ1v) is 14.0. The number of hydrogen-bond donors (Lipinski definition) is 3. The molecule has 0 radical (unpaired) electrons. The maximum Gasteiger partial charge on any atom is 0.262 e. The Morgan fingerprint density at radius 2 is 1.46 bits per heavy atom. The number of halogens is 1. The molecule has 1 aliphatic rings. The number of benzene rings is 3. The lowest BCUT2D eigenvalue weighted by Gasteiger charge is -2.24. The molecule has 3 aromatic carbocycles. The van der Waals surface area contributed by atoms with Crippen LogP contribution in [-0.2, 0) is 20.0 Å². The van der Waals surface area contributed by atoms with Gasteiger partial charge in [-0.2, -0.15) is 0 Å². The van der Waals surface area contributed by atoms with Crippen molar-refractivity contribution >= 4 is 49.5 Å². The molecule has 188 valence electrons. The first-order chi connectivity index (χ1) is 16.3. The predicted octanol–water partition coefficient (Wildman–Crippen LogP) is 3.82. The number of aryl methyl sites for hydroxylation is 1. The SMILES string of the molecule is Cc1ccccc1S(=O)(=O)Nc1ccc(N2CCCNCC2)cc1NS(=O)(=O)c1ccccc1.Cl. The molecule has 11 heteroatoms. The lowest BCUT2D eigenvalue weighted by atomic mass is 10.2. The van der Waals surface area contributed by atoms with Crippen molar-refractivity contribution in [2.75, 3.05) is 40.5 Å². The van der Waals surface area contributed by atoms with Gasteiger partial charge in [-0.25, -0.2) is 16.8 Å². The van der Waals surface area contributed by atoms with Crippen LogP contribution >= 0.6 is 12.4 Å². The largest absolute Gasteiger partial charge is 0.370 e. The van der Waals surface area contributed by atoms with E-state index in [0.29, 0.717) is 5.56 Å². The Hall–Kier alpha value is -2.79. The van der Waals surface area contributed by atoms with Crippen molar-refractivity contribution in [3.05, 3.63) is 78.4 Å². The van der Waals surface area contributed by atoms with E-state index in [0.717, 1.165) is 38.3 Å². The van der Waals surface area contributed by atoms with Crippen LogP contribution in [0, 0.1) is 6.92 Å². The van der Waals surface area contributed by atoms with E-state index in [4.69, 9.17) is 0 Å². The van der Waals surface area contributed by atoms with E-state index in [1.165, 1.54) is 18.2 Å². The van der Waals surface area contributed by atoms with Crippen molar-refractivity contribution in [1.29, 1.82) is 0 Å². The number of anilines is 3. The Morgan fingerprint density at radius 1 is 0.771 bits per heavy atom. The van der Waals surface area contributed by atoms with Crippen LogP contribution in [0.2, 0.25) is 0 Å². The first kappa shape index (κ1) is 26.8. The summed E-state index contributed by atoms with van der Waals surface area (Å²) in [6.07, 6.45) is 0.951. The Labute approximate surface area is 213 Å². The zero-order valence-corrected chi connectivity index (χ0v) is 21.7. The van der Waals surface area contributed by atoms with Crippen molar-refractivity contribution in [2.24, 2.45) is 0 Å². The maximum atomic E-state index is 13.1. The lowest BCUT2D eigenvalue weighted by Crippen LogP contribution is -2.28. The summed E-state index contributed by atoms with van der Waals surface area (Å²) >= 11 is 0. The Morgan fingerprint density at radius 3 is 2.20 bits per heavy atom. The van der Waals surface area contributed by atoms with Gasteiger partial charge in [-0.1, -0.05) is 36.4 Å². The number of hydrogen-bond acceptors (Lipinski definition) is 6. The number of rotatable bonds is 7. The fourth-order valence-electron chi connectivity index (χ4n) is 3.87. The van der Waals surface area contributed by atoms with Crippen molar-refractivity contribution < 1.29 is 16.8 Å². The van der Waals surface area contributed by atoms with E-state index in [-0.39, 0.29) is 33.6 Å². The minimum Gasteiger partial charge on any atom is -0.370 e. The highest BCUT2D eigenvalue weighted by Crippen LogP contribution is 2.32. The normalized spacial score (nSPS) is 14.5. The fourth-order valence-corrected chi connectivity index (χ4v) is 6.29. The number of nitrogens with one attached hydrogen (secondary N) is 3. The third-order valence-electron chi connectivity index (χ3n) is 5.63. The van der Waals surface area contributed by atoms with Gasteiger partial charge in [0, 0.05) is 25.3 Å². The van der Waals surface area contributed by atoms with Crippen molar-refractivity contribution in [3.63, 3.8) is 0 Å². The van der Waals surface area contributed by atoms with E-state index in [1.807, 2.05) is 0 Å². The molecule has 1 saturated heterocycles. The van der Waals surface area contributed by atoms with Crippen LogP contribution in [-0.4, -0.2) is 43.0 Å². The second-order valence-corrected chi connectivity index (χ2v) is 11.4. The molecule has 0 aliphatic carbocycles. The summed E-state index contributed by atoms with van der Waals surface area (Å²) < 4.78 is 57.6. The average Bonchev–Trinajstić information content (AvgIpc) is 3.10. The summed E-state index contributed by atoms with van der Waals surface area (Å²) in [5.74, 6) is 0. The van der Waals surface area contributed by atoms with Gasteiger partial charge in [-0.15, -0.1) is 12.4 Å². The molecule has 0 bridgehead atoms. The quantitative estimate of drug-likeness (QED) is 0.424. The molecule has 8 nitrogen and oxygen atoms in total. The van der Waals surface area contributed by atoms with Crippen molar-refractivity contribution in [3.8, 4) is 0 Å². The molecule has 3 N–H and O–H groups in total. The smallest absolute Gasteiger partial charge is 0.262 e. The summed E-state index contributed by atoms with van der Waals surface area (Å²) in [5, 5.41) is 3.34. The van der Waals surface area contributed by atoms with Crippen LogP contribution in [0.3, 0.4) is 0 Å². The van der Waals surface area contributed by atoms with Gasteiger partial charge in [0.05, 0.1) is 21.2 Å². The van der Waals surface area contributed by atoms with Crippen molar-refractivity contribution in [1.82, 2.24) is 5.32 Å². The monoisotopic (exact) mass is 536 g/mol. The summed E-state index contributed by atoms with van der Waals surface area (Å²) in [7, 11) is -7.87. The number of sulfonamides is 2. The molecule has 1 fully saturated rings. The van der Waals surface area contributed by atoms with Crippen LogP contribution in [0.4, 0.5) is 17.1 Å². The van der Waals surface area contributed by atoms with Crippen LogP contribution in [0.1, 0.15) is 12.0 Å². The van der Waals surface area contributed by atoms with Gasteiger partial charge in [0.2, 0.25) is 0 Å². The minimum atomic E-state index is -3.94. The van der Waals surface area contributed by atoms with E-state index in [1.54, 1.807) is 61.5 Å². The van der Waals surface area contributed by atoms with E-state index in [9.17, 15) is 16.8 Å². The lowest BCUT2D eigenvalue weighted by molar-refractivity contribution is 0.598. The van der Waals surface area contributed by atoms with Crippen LogP contribution in [0.15, 0.2) is 82.6 Å². The van der Waals surface area contributed by atoms with E-state index < -0.39 is 20.0 Å². The van der Waals surface area contributed by atoms with Gasteiger partial charge in [-0.05, 0) is 61.9 Å². The van der Waals surface area contributed by atoms with Gasteiger partial charge < -0.3 is 10.2 Å². The highest BCUT2D eigenvalue weighted by Gasteiger charge is 2.22. The second kappa shape index (κ2) is 11.3. The van der Waals surface area contributed by atoms with Gasteiger partial charge in [0.25, 0.3) is 20.0 Å².